The molecule has 7 heteroatoms. The normalized spacial score (nSPS) is 15.9. The fourth-order valence-corrected chi connectivity index (χ4v) is 0.934. The molecule has 2 unspecified atom stereocenters. The number of aliphatic hydroxyl groups excluding tert-OH is 1. The second-order valence-electron chi connectivity index (χ2n) is 3.45. The number of rotatable bonds is 7. The van der Waals surface area contributed by atoms with E-state index in [-0.39, 0.29) is 12.8 Å². The molecule has 6 N–H and O–H groups in total. The third-order valence-corrected chi connectivity index (χ3v) is 1.96. The van der Waals surface area contributed by atoms with Crippen LogP contribution >= 0.6 is 0 Å². The largest absolute Gasteiger partial charge is 0.391 e. The van der Waals surface area contributed by atoms with Crippen LogP contribution in [-0.2, 0) is 14.4 Å². The molecule has 0 fully saturated rings. The molecule has 2 amide bonds. The summed E-state index contributed by atoms with van der Waals surface area (Å²) >= 11 is 0. The number of nitrogens with two attached hydrogens (primary N) is 2. The number of aliphatic hydroxyl groups is 1. The van der Waals surface area contributed by atoms with Crippen LogP contribution in [0.4, 0.5) is 0 Å². The fourth-order valence-electron chi connectivity index (χ4n) is 0.934. The van der Waals surface area contributed by atoms with Gasteiger partial charge in [-0.3, -0.25) is 14.4 Å². The zero-order chi connectivity index (χ0) is 12.7. The van der Waals surface area contributed by atoms with Gasteiger partial charge in [-0.2, -0.15) is 0 Å². The number of hydrogen-bond donors (Lipinski definition) is 4. The van der Waals surface area contributed by atoms with Gasteiger partial charge >= 0.3 is 0 Å². The highest BCUT2D eigenvalue weighted by atomic mass is 16.3. The number of carbonyl (C=O) groups excluding carboxylic acids is 3. The fraction of sp³-hybridized carbons (Fsp3) is 0.667. The van der Waals surface area contributed by atoms with E-state index in [1.807, 2.05) is 0 Å². The smallest absolute Gasteiger partial charge is 0.240 e. The van der Waals surface area contributed by atoms with Gasteiger partial charge in [0.1, 0.15) is 6.04 Å². The molecule has 7 nitrogen and oxygen atoms in total. The Balaban J connectivity index is 4.16. The van der Waals surface area contributed by atoms with Crippen molar-refractivity contribution >= 4 is 18.1 Å². The molecule has 0 bridgehead atoms. The van der Waals surface area contributed by atoms with Crippen molar-refractivity contribution in [2.75, 3.05) is 0 Å². The Morgan fingerprint density at radius 2 is 2.06 bits per heavy atom. The molecule has 0 aromatic heterocycles. The van der Waals surface area contributed by atoms with E-state index in [0.717, 1.165) is 0 Å². The quantitative estimate of drug-likeness (QED) is 0.385. The molecular formula is C9H16N3O4. The predicted molar refractivity (Wildman–Crippen MR) is 55.7 cm³/mol. The first-order valence-electron chi connectivity index (χ1n) is 4.78. The first kappa shape index (κ1) is 14.5. The van der Waals surface area contributed by atoms with Crippen LogP contribution in [0, 0.1) is 0 Å². The van der Waals surface area contributed by atoms with Crippen molar-refractivity contribution in [3.63, 3.8) is 0 Å². The maximum atomic E-state index is 11.3. The summed E-state index contributed by atoms with van der Waals surface area (Å²) in [5.74, 6) is -1.25. The maximum absolute atomic E-state index is 11.3. The second kappa shape index (κ2) is 6.91. The van der Waals surface area contributed by atoms with Crippen LogP contribution in [0.15, 0.2) is 0 Å². The Bertz CT molecular complexity index is 267. The van der Waals surface area contributed by atoms with Gasteiger partial charge in [0.2, 0.25) is 18.1 Å². The van der Waals surface area contributed by atoms with E-state index < -0.39 is 30.0 Å². The van der Waals surface area contributed by atoms with Crippen molar-refractivity contribution in [2.24, 2.45) is 11.5 Å². The lowest BCUT2D eigenvalue weighted by Crippen LogP contribution is -2.50. The molecule has 0 aromatic rings. The molecular weight excluding hydrogens is 214 g/mol. The molecule has 3 atom stereocenters. The maximum Gasteiger partial charge on any atom is 0.240 e. The van der Waals surface area contributed by atoms with E-state index in [2.05, 4.69) is 5.32 Å². The van der Waals surface area contributed by atoms with E-state index in [9.17, 15) is 14.4 Å². The lowest BCUT2D eigenvalue weighted by Gasteiger charge is -2.17. The van der Waals surface area contributed by atoms with Crippen molar-refractivity contribution in [1.29, 1.82) is 0 Å². The van der Waals surface area contributed by atoms with E-state index in [4.69, 9.17) is 16.6 Å². The Labute approximate surface area is 93.2 Å². The van der Waals surface area contributed by atoms with Gasteiger partial charge in [-0.25, -0.2) is 0 Å². The van der Waals surface area contributed by atoms with Crippen LogP contribution in [-0.4, -0.2) is 41.4 Å². The average molecular weight is 230 g/mol. The van der Waals surface area contributed by atoms with Crippen LogP contribution in [0.2, 0.25) is 0 Å². The average Bonchev–Trinajstić information content (AvgIpc) is 2.22. The van der Waals surface area contributed by atoms with E-state index in [1.54, 1.807) is 6.29 Å². The highest BCUT2D eigenvalue weighted by molar-refractivity contribution is 5.85. The van der Waals surface area contributed by atoms with E-state index in [1.165, 1.54) is 6.92 Å². The Morgan fingerprint density at radius 1 is 1.50 bits per heavy atom. The van der Waals surface area contributed by atoms with Gasteiger partial charge in [0, 0.05) is 6.42 Å². The van der Waals surface area contributed by atoms with Crippen LogP contribution in [0.1, 0.15) is 19.8 Å². The molecule has 0 saturated carbocycles. The zero-order valence-corrected chi connectivity index (χ0v) is 8.97. The molecule has 0 rings (SSSR count). The van der Waals surface area contributed by atoms with Gasteiger partial charge in [-0.05, 0) is 13.3 Å². The molecule has 0 aliphatic rings. The molecule has 0 aliphatic carbocycles. The minimum Gasteiger partial charge on any atom is -0.391 e. The van der Waals surface area contributed by atoms with Crippen LogP contribution in [0.3, 0.4) is 0 Å². The summed E-state index contributed by atoms with van der Waals surface area (Å²) in [5, 5.41) is 11.3. The standard InChI is InChI=1S/C9H16N3O4/c1-5(14)8(11)9(16)12-6(4-13)2-3-7(10)15/h5-6,8,14H,2-3,11H2,1H3,(H2,10,15)(H,12,16)/t5?,6-,8?/m0/s1. The van der Waals surface area contributed by atoms with Crippen molar-refractivity contribution < 1.29 is 19.5 Å². The van der Waals surface area contributed by atoms with Gasteiger partial charge in [0.05, 0.1) is 12.1 Å². The molecule has 1 radical (unpaired) electrons. The summed E-state index contributed by atoms with van der Waals surface area (Å²) in [6.45, 7) is 1.35. The Kier molecular flexibility index (Phi) is 6.28. The molecule has 91 valence electrons. The number of hydrogen-bond acceptors (Lipinski definition) is 5. The van der Waals surface area contributed by atoms with Crippen molar-refractivity contribution in [1.82, 2.24) is 5.32 Å². The van der Waals surface area contributed by atoms with Crippen LogP contribution in [0.5, 0.6) is 0 Å². The topological polar surface area (TPSA) is 136 Å². The summed E-state index contributed by atoms with van der Waals surface area (Å²) in [4.78, 5) is 32.2. The number of carbonyl (C=O) groups is 2. The van der Waals surface area contributed by atoms with Crippen LogP contribution in [0.25, 0.3) is 0 Å². The van der Waals surface area contributed by atoms with Crippen LogP contribution < -0.4 is 16.8 Å². The van der Waals surface area contributed by atoms with Gasteiger partial charge < -0.3 is 21.9 Å². The minimum absolute atomic E-state index is 0.0376. The molecule has 0 heterocycles. The first-order chi connectivity index (χ1) is 7.38. The van der Waals surface area contributed by atoms with E-state index >= 15 is 0 Å². The number of nitrogens with one attached hydrogen (secondary N) is 1. The van der Waals surface area contributed by atoms with Crippen molar-refractivity contribution in [3.05, 3.63) is 0 Å². The number of amides is 2. The summed E-state index contributed by atoms with van der Waals surface area (Å²) < 4.78 is 0. The Morgan fingerprint density at radius 3 is 2.44 bits per heavy atom. The third-order valence-electron chi connectivity index (χ3n) is 1.96. The van der Waals surface area contributed by atoms with E-state index in [0.29, 0.717) is 0 Å². The number of primary amides is 1. The predicted octanol–water partition coefficient (Wildman–Crippen LogP) is -2.45. The monoisotopic (exact) mass is 230 g/mol. The highest BCUT2D eigenvalue weighted by Gasteiger charge is 2.22. The Hall–Kier alpha value is -1.47. The lowest BCUT2D eigenvalue weighted by molar-refractivity contribution is -0.125. The highest BCUT2D eigenvalue weighted by Crippen LogP contribution is 1.96. The summed E-state index contributed by atoms with van der Waals surface area (Å²) in [7, 11) is 0. The lowest BCUT2D eigenvalue weighted by atomic mass is 10.1. The zero-order valence-electron chi connectivity index (χ0n) is 8.97. The van der Waals surface area contributed by atoms with Gasteiger partial charge in [0.25, 0.3) is 0 Å². The molecule has 0 spiro atoms. The summed E-state index contributed by atoms with van der Waals surface area (Å²) in [6.07, 6.45) is 0.560. The third kappa shape index (κ3) is 5.42. The van der Waals surface area contributed by atoms with Gasteiger partial charge in [-0.15, -0.1) is 0 Å². The molecule has 0 aromatic carbocycles. The first-order valence-corrected chi connectivity index (χ1v) is 4.78. The summed E-state index contributed by atoms with van der Waals surface area (Å²) in [5.41, 5.74) is 10.2. The SMILES string of the molecule is CC(O)C(N)C(=O)N[C@H]([C]=O)CCC(N)=O. The second-order valence-corrected chi connectivity index (χ2v) is 3.45. The molecule has 16 heavy (non-hydrogen) atoms. The van der Waals surface area contributed by atoms with Gasteiger partial charge in [-0.1, -0.05) is 0 Å². The minimum atomic E-state index is -1.12. The molecule has 0 aliphatic heterocycles. The van der Waals surface area contributed by atoms with Gasteiger partial charge in [0.15, 0.2) is 0 Å². The van der Waals surface area contributed by atoms with Crippen molar-refractivity contribution in [2.45, 2.75) is 38.0 Å². The van der Waals surface area contributed by atoms with Crippen molar-refractivity contribution in [3.8, 4) is 0 Å². The molecule has 0 saturated heterocycles. The summed E-state index contributed by atoms with van der Waals surface area (Å²) in [6, 6.07) is -2.06.